The number of carbonyl (C=O) groups is 2. The fourth-order valence-corrected chi connectivity index (χ4v) is 0.351. The first kappa shape index (κ1) is 5.04. The average molecular weight is 116 g/mol. The molecule has 0 unspecified atom stereocenters. The molecule has 0 bridgehead atoms. The highest BCUT2D eigenvalue weighted by Crippen LogP contribution is 1.78. The van der Waals surface area contributed by atoms with Crippen LogP contribution in [0.1, 0.15) is 0 Å². The van der Waals surface area contributed by atoms with Gasteiger partial charge in [0.05, 0.1) is 0 Å². The quantitative estimate of drug-likeness (QED) is 0.415. The zero-order valence-electron chi connectivity index (χ0n) is 3.93. The summed E-state index contributed by atoms with van der Waals surface area (Å²) in [6, 6.07) is 0. The Kier molecular flexibility index (Phi) is 1.13. The molecule has 1 saturated heterocycles. The Bertz CT molecular complexity index is 118. The second-order valence-corrected chi connectivity index (χ2v) is 1.26. The van der Waals surface area contributed by atoms with E-state index in [1.807, 2.05) is 5.32 Å². The minimum Gasteiger partial charge on any atom is -0.353 e. The molecule has 2 N–H and O–H groups in total. The third-order valence-corrected chi connectivity index (χ3v) is 0.639. The lowest BCUT2D eigenvalue weighted by atomic mass is 10.6. The van der Waals surface area contributed by atoms with E-state index < -0.39 is 6.09 Å². The molecule has 5 nitrogen and oxygen atoms in total. The molecule has 1 aliphatic heterocycles. The van der Waals surface area contributed by atoms with Gasteiger partial charge in [-0.25, -0.2) is 4.79 Å². The predicted octanol–water partition coefficient (Wildman–Crippen LogP) is -1.24. The summed E-state index contributed by atoms with van der Waals surface area (Å²) in [6.07, 6.45) is -0.749. The number of hydroxylamine groups is 1. The SMILES string of the molecule is O=C1CNOC(=O)N1. The third-order valence-electron chi connectivity index (χ3n) is 0.639. The van der Waals surface area contributed by atoms with E-state index in [0.29, 0.717) is 0 Å². The molecule has 0 saturated carbocycles. The number of hydrogen-bond acceptors (Lipinski definition) is 4. The van der Waals surface area contributed by atoms with Crippen molar-refractivity contribution in [1.29, 1.82) is 0 Å². The van der Waals surface area contributed by atoms with Crippen LogP contribution >= 0.6 is 0 Å². The molecule has 1 aliphatic rings. The van der Waals surface area contributed by atoms with Crippen LogP contribution < -0.4 is 10.8 Å². The van der Waals surface area contributed by atoms with Gasteiger partial charge in [0.25, 0.3) is 0 Å². The van der Waals surface area contributed by atoms with Crippen molar-refractivity contribution in [3.05, 3.63) is 0 Å². The van der Waals surface area contributed by atoms with Crippen molar-refractivity contribution < 1.29 is 14.4 Å². The molecule has 2 amide bonds. The van der Waals surface area contributed by atoms with E-state index in [0.717, 1.165) is 0 Å². The van der Waals surface area contributed by atoms with Crippen LogP contribution in [0, 0.1) is 0 Å². The fraction of sp³-hybridized carbons (Fsp3) is 0.333. The van der Waals surface area contributed by atoms with Crippen molar-refractivity contribution in [2.75, 3.05) is 6.54 Å². The van der Waals surface area contributed by atoms with Crippen molar-refractivity contribution in [2.45, 2.75) is 0 Å². The van der Waals surface area contributed by atoms with Crippen LogP contribution in [-0.4, -0.2) is 18.5 Å². The Morgan fingerprint density at radius 1 is 1.50 bits per heavy atom. The zero-order valence-corrected chi connectivity index (χ0v) is 3.93. The van der Waals surface area contributed by atoms with Crippen LogP contribution in [0.15, 0.2) is 0 Å². The van der Waals surface area contributed by atoms with Gasteiger partial charge in [-0.3, -0.25) is 10.1 Å². The Labute approximate surface area is 45.0 Å². The zero-order chi connectivity index (χ0) is 5.98. The van der Waals surface area contributed by atoms with Crippen molar-refractivity contribution in [3.63, 3.8) is 0 Å². The van der Waals surface area contributed by atoms with Gasteiger partial charge in [-0.15, -0.1) is 5.48 Å². The number of nitrogens with one attached hydrogen (secondary N) is 2. The predicted molar refractivity (Wildman–Crippen MR) is 22.6 cm³/mol. The molecule has 5 heteroatoms. The minimum absolute atomic E-state index is 0.0335. The summed E-state index contributed by atoms with van der Waals surface area (Å²) in [4.78, 5) is 24.4. The highest BCUT2D eigenvalue weighted by atomic mass is 16.7. The molecule has 0 aromatic carbocycles. The fourth-order valence-electron chi connectivity index (χ4n) is 0.351. The molecular weight excluding hydrogens is 112 g/mol. The number of hydrogen-bond donors (Lipinski definition) is 2. The van der Waals surface area contributed by atoms with Gasteiger partial charge < -0.3 is 4.84 Å². The Hall–Kier alpha value is -1.10. The van der Waals surface area contributed by atoms with Gasteiger partial charge >= 0.3 is 6.09 Å². The largest absolute Gasteiger partial charge is 0.432 e. The normalized spacial score (nSPS) is 19.5. The van der Waals surface area contributed by atoms with Gasteiger partial charge in [0.2, 0.25) is 5.91 Å². The van der Waals surface area contributed by atoms with E-state index in [-0.39, 0.29) is 12.5 Å². The summed E-state index contributed by atoms with van der Waals surface area (Å²) in [5, 5.41) is 1.92. The number of rotatable bonds is 0. The highest BCUT2D eigenvalue weighted by Gasteiger charge is 2.13. The lowest BCUT2D eigenvalue weighted by Crippen LogP contribution is -2.46. The van der Waals surface area contributed by atoms with Crippen molar-refractivity contribution in [3.8, 4) is 0 Å². The highest BCUT2D eigenvalue weighted by molar-refractivity contribution is 5.94. The van der Waals surface area contributed by atoms with Crippen LogP contribution in [0.2, 0.25) is 0 Å². The summed E-state index contributed by atoms with van der Waals surface area (Å²) < 4.78 is 0. The van der Waals surface area contributed by atoms with Crippen LogP contribution in [-0.2, 0) is 9.63 Å². The summed E-state index contributed by atoms with van der Waals surface area (Å²) in [5.41, 5.74) is 2.12. The van der Waals surface area contributed by atoms with Gasteiger partial charge in [-0.1, -0.05) is 0 Å². The summed E-state index contributed by atoms with van der Waals surface area (Å²) in [7, 11) is 0. The molecule has 0 spiro atoms. The second kappa shape index (κ2) is 1.79. The van der Waals surface area contributed by atoms with E-state index in [1.165, 1.54) is 0 Å². The molecule has 0 radical (unpaired) electrons. The van der Waals surface area contributed by atoms with Crippen molar-refractivity contribution in [2.24, 2.45) is 0 Å². The van der Waals surface area contributed by atoms with Gasteiger partial charge in [-0.2, -0.15) is 0 Å². The Morgan fingerprint density at radius 2 is 2.25 bits per heavy atom. The Morgan fingerprint density at radius 3 is 2.62 bits per heavy atom. The molecule has 1 rings (SSSR count). The van der Waals surface area contributed by atoms with Crippen molar-refractivity contribution >= 4 is 12.0 Å². The molecule has 1 heterocycles. The van der Waals surface area contributed by atoms with Crippen LogP contribution in [0.3, 0.4) is 0 Å². The topological polar surface area (TPSA) is 67.4 Å². The first-order chi connectivity index (χ1) is 3.79. The molecule has 0 atom stereocenters. The number of imide groups is 1. The first-order valence-corrected chi connectivity index (χ1v) is 2.02. The van der Waals surface area contributed by atoms with Gasteiger partial charge in [0.1, 0.15) is 6.54 Å². The van der Waals surface area contributed by atoms with Gasteiger partial charge in [0.15, 0.2) is 0 Å². The maximum Gasteiger partial charge on any atom is 0.432 e. The third kappa shape index (κ3) is 0.941. The Balaban J connectivity index is 2.45. The maximum atomic E-state index is 10.2. The molecule has 1 fully saturated rings. The van der Waals surface area contributed by atoms with Crippen LogP contribution in [0.25, 0.3) is 0 Å². The molecule has 0 aromatic heterocycles. The van der Waals surface area contributed by atoms with Gasteiger partial charge in [-0.05, 0) is 0 Å². The molecule has 44 valence electrons. The van der Waals surface area contributed by atoms with E-state index in [1.54, 1.807) is 0 Å². The monoisotopic (exact) mass is 116 g/mol. The minimum atomic E-state index is -0.749. The van der Waals surface area contributed by atoms with E-state index >= 15 is 0 Å². The van der Waals surface area contributed by atoms with E-state index in [4.69, 9.17) is 0 Å². The summed E-state index contributed by atoms with van der Waals surface area (Å²) >= 11 is 0. The smallest absolute Gasteiger partial charge is 0.353 e. The molecule has 0 aliphatic carbocycles. The van der Waals surface area contributed by atoms with Crippen molar-refractivity contribution in [1.82, 2.24) is 10.8 Å². The lowest BCUT2D eigenvalue weighted by molar-refractivity contribution is -0.124. The number of amides is 2. The average Bonchev–Trinajstić information content (AvgIpc) is 1.64. The number of carbonyl (C=O) groups excluding carboxylic acids is 2. The van der Waals surface area contributed by atoms with E-state index in [2.05, 4.69) is 10.3 Å². The summed E-state index contributed by atoms with van der Waals surface area (Å²) in [5.74, 6) is -0.374. The van der Waals surface area contributed by atoms with Gasteiger partial charge in [0, 0.05) is 0 Å². The summed E-state index contributed by atoms with van der Waals surface area (Å²) in [6.45, 7) is 0.0335. The molecule has 0 aromatic rings. The standard InChI is InChI=1S/C3H4N2O3/c6-2-1-4-8-3(7)5-2/h4H,1H2,(H,5,6,7). The second-order valence-electron chi connectivity index (χ2n) is 1.26. The van der Waals surface area contributed by atoms with E-state index in [9.17, 15) is 9.59 Å². The molecule has 8 heavy (non-hydrogen) atoms. The van der Waals surface area contributed by atoms with Crippen LogP contribution in [0.5, 0.6) is 0 Å². The van der Waals surface area contributed by atoms with Crippen LogP contribution in [0.4, 0.5) is 4.79 Å². The lowest BCUT2D eigenvalue weighted by Gasteiger charge is -2.10. The first-order valence-electron chi connectivity index (χ1n) is 2.02. The molecular formula is C3H4N2O3. The maximum absolute atomic E-state index is 10.2.